The van der Waals surface area contributed by atoms with Crippen molar-refractivity contribution in [2.24, 2.45) is 5.14 Å². The minimum Gasteiger partial charge on any atom is -0.370 e. The van der Waals surface area contributed by atoms with Gasteiger partial charge in [0.05, 0.1) is 9.79 Å². The van der Waals surface area contributed by atoms with E-state index < -0.39 is 20.0 Å². The minimum atomic E-state index is -3.96. The number of likely N-dealkylation sites (N-methyl/N-ethyl adjacent to an activating group) is 1. The van der Waals surface area contributed by atoms with E-state index >= 15 is 0 Å². The molecule has 0 saturated carbocycles. The molecular formula is C17H23N3O4S2. The SMILES string of the molecule is CCN(CCNS(=O)(=O)c1cccc(S(N)(=O)=O)c1)c1cccc(C)c1. The molecule has 0 unspecified atom stereocenters. The Morgan fingerprint density at radius 2 is 1.65 bits per heavy atom. The van der Waals surface area contributed by atoms with Gasteiger partial charge in [0.2, 0.25) is 20.0 Å². The van der Waals surface area contributed by atoms with E-state index in [-0.39, 0.29) is 16.3 Å². The van der Waals surface area contributed by atoms with E-state index in [1.165, 1.54) is 18.2 Å². The fourth-order valence-corrected chi connectivity index (χ4v) is 4.21. The summed E-state index contributed by atoms with van der Waals surface area (Å²) in [7, 11) is -7.80. The molecule has 26 heavy (non-hydrogen) atoms. The zero-order chi connectivity index (χ0) is 19.4. The van der Waals surface area contributed by atoms with Crippen LogP contribution in [0.4, 0.5) is 5.69 Å². The van der Waals surface area contributed by atoms with Crippen molar-refractivity contribution in [3.05, 3.63) is 54.1 Å². The van der Waals surface area contributed by atoms with Gasteiger partial charge in [-0.05, 0) is 49.7 Å². The number of nitrogens with two attached hydrogens (primary N) is 1. The molecular weight excluding hydrogens is 374 g/mol. The molecule has 0 radical (unpaired) electrons. The second-order valence-corrected chi connectivity index (χ2v) is 9.16. The topological polar surface area (TPSA) is 110 Å². The summed E-state index contributed by atoms with van der Waals surface area (Å²) in [4.78, 5) is 1.67. The lowest BCUT2D eigenvalue weighted by molar-refractivity contribution is 0.580. The average molecular weight is 398 g/mol. The van der Waals surface area contributed by atoms with Gasteiger partial charge >= 0.3 is 0 Å². The smallest absolute Gasteiger partial charge is 0.240 e. The molecule has 0 aliphatic heterocycles. The summed E-state index contributed by atoms with van der Waals surface area (Å²) >= 11 is 0. The third-order valence-corrected chi connectivity index (χ3v) is 6.24. The van der Waals surface area contributed by atoms with Gasteiger partial charge in [0.15, 0.2) is 0 Å². The fourth-order valence-electron chi connectivity index (χ4n) is 2.51. The lowest BCUT2D eigenvalue weighted by Gasteiger charge is -2.23. The van der Waals surface area contributed by atoms with Crippen LogP contribution < -0.4 is 14.8 Å². The monoisotopic (exact) mass is 397 g/mol. The Labute approximate surface area is 154 Å². The molecule has 3 N–H and O–H groups in total. The van der Waals surface area contributed by atoms with Crippen LogP contribution in [0.5, 0.6) is 0 Å². The molecule has 0 saturated heterocycles. The summed E-state index contributed by atoms with van der Waals surface area (Å²) in [5.74, 6) is 0. The second-order valence-electron chi connectivity index (χ2n) is 5.84. The van der Waals surface area contributed by atoms with Crippen LogP contribution in [0.15, 0.2) is 58.3 Å². The van der Waals surface area contributed by atoms with Gasteiger partial charge in [0, 0.05) is 25.3 Å². The van der Waals surface area contributed by atoms with Crippen LogP contribution >= 0.6 is 0 Å². The molecule has 2 aromatic carbocycles. The molecule has 9 heteroatoms. The molecule has 0 amide bonds. The number of aryl methyl sites for hydroxylation is 1. The van der Waals surface area contributed by atoms with Crippen molar-refractivity contribution in [2.75, 3.05) is 24.5 Å². The number of primary sulfonamides is 1. The third kappa shape index (κ3) is 5.28. The van der Waals surface area contributed by atoms with Crippen LogP contribution in [0, 0.1) is 6.92 Å². The first kappa shape index (κ1) is 20.4. The van der Waals surface area contributed by atoms with Crippen LogP contribution in [-0.4, -0.2) is 36.5 Å². The number of benzene rings is 2. The number of anilines is 1. The number of nitrogens with one attached hydrogen (secondary N) is 1. The van der Waals surface area contributed by atoms with E-state index in [1.54, 1.807) is 0 Å². The molecule has 2 rings (SSSR count). The van der Waals surface area contributed by atoms with Crippen molar-refractivity contribution in [1.29, 1.82) is 0 Å². The van der Waals surface area contributed by atoms with Gasteiger partial charge in [0.1, 0.15) is 0 Å². The van der Waals surface area contributed by atoms with Crippen molar-refractivity contribution in [1.82, 2.24) is 4.72 Å². The second kappa shape index (κ2) is 8.17. The quantitative estimate of drug-likeness (QED) is 0.701. The molecule has 142 valence electrons. The third-order valence-electron chi connectivity index (χ3n) is 3.87. The van der Waals surface area contributed by atoms with Gasteiger partial charge in [-0.3, -0.25) is 0 Å². The number of hydrogen-bond donors (Lipinski definition) is 2. The highest BCUT2D eigenvalue weighted by Crippen LogP contribution is 2.16. The lowest BCUT2D eigenvalue weighted by Crippen LogP contribution is -2.35. The van der Waals surface area contributed by atoms with Crippen LogP contribution in [0.2, 0.25) is 0 Å². The highest BCUT2D eigenvalue weighted by Gasteiger charge is 2.17. The summed E-state index contributed by atoms with van der Waals surface area (Å²) < 4.78 is 50.1. The molecule has 7 nitrogen and oxygen atoms in total. The van der Waals surface area contributed by atoms with Crippen molar-refractivity contribution in [3.8, 4) is 0 Å². The van der Waals surface area contributed by atoms with Crippen LogP contribution in [0.1, 0.15) is 12.5 Å². The van der Waals surface area contributed by atoms with E-state index in [1.807, 2.05) is 38.1 Å². The Morgan fingerprint density at radius 3 is 2.27 bits per heavy atom. The molecule has 0 bridgehead atoms. The highest BCUT2D eigenvalue weighted by atomic mass is 32.2. The summed E-state index contributed by atoms with van der Waals surface area (Å²) in [5, 5.41) is 5.05. The maximum absolute atomic E-state index is 12.4. The van der Waals surface area contributed by atoms with Gasteiger partial charge in [0.25, 0.3) is 0 Å². The van der Waals surface area contributed by atoms with Gasteiger partial charge in [-0.25, -0.2) is 26.7 Å². The van der Waals surface area contributed by atoms with Crippen molar-refractivity contribution < 1.29 is 16.8 Å². The molecule has 0 spiro atoms. The fraction of sp³-hybridized carbons (Fsp3) is 0.294. The highest BCUT2D eigenvalue weighted by molar-refractivity contribution is 7.90. The molecule has 0 aliphatic carbocycles. The van der Waals surface area contributed by atoms with Crippen LogP contribution in [0.25, 0.3) is 0 Å². The number of sulfonamides is 2. The first-order valence-corrected chi connectivity index (χ1v) is 11.1. The number of rotatable bonds is 8. The average Bonchev–Trinajstić information content (AvgIpc) is 2.58. The van der Waals surface area contributed by atoms with Crippen molar-refractivity contribution >= 4 is 25.7 Å². The summed E-state index contributed by atoms with van der Waals surface area (Å²) in [6, 6.07) is 12.9. The summed E-state index contributed by atoms with van der Waals surface area (Å²) in [6.45, 7) is 5.38. The molecule has 0 heterocycles. The zero-order valence-electron chi connectivity index (χ0n) is 14.7. The van der Waals surface area contributed by atoms with Crippen LogP contribution in [-0.2, 0) is 20.0 Å². The van der Waals surface area contributed by atoms with Gasteiger partial charge < -0.3 is 4.90 Å². The first-order valence-electron chi connectivity index (χ1n) is 8.07. The van der Waals surface area contributed by atoms with Gasteiger partial charge in [-0.15, -0.1) is 0 Å². The van der Waals surface area contributed by atoms with E-state index in [2.05, 4.69) is 9.62 Å². The van der Waals surface area contributed by atoms with E-state index in [0.29, 0.717) is 6.54 Å². The minimum absolute atomic E-state index is 0.136. The molecule has 0 atom stereocenters. The normalized spacial score (nSPS) is 12.1. The summed E-state index contributed by atoms with van der Waals surface area (Å²) in [6.07, 6.45) is 0. The Kier molecular flexibility index (Phi) is 6.40. The lowest BCUT2D eigenvalue weighted by atomic mass is 10.2. The molecule has 2 aromatic rings. The standard InChI is InChI=1S/C17H23N3O4S2/c1-3-20(15-7-4-6-14(2)12-15)11-10-19-26(23,24)17-9-5-8-16(13-17)25(18,21)22/h4-9,12-13,19H,3,10-11H2,1-2H3,(H2,18,21,22). The Balaban J connectivity index is 2.08. The van der Waals surface area contributed by atoms with Gasteiger partial charge in [-0.1, -0.05) is 18.2 Å². The molecule has 0 aromatic heterocycles. The Morgan fingerprint density at radius 1 is 1.00 bits per heavy atom. The Hall–Kier alpha value is -1.94. The summed E-state index contributed by atoms with van der Waals surface area (Å²) in [5.41, 5.74) is 2.14. The number of nitrogens with zero attached hydrogens (tertiary/aromatic N) is 1. The largest absolute Gasteiger partial charge is 0.370 e. The molecule has 0 fully saturated rings. The van der Waals surface area contributed by atoms with E-state index in [9.17, 15) is 16.8 Å². The van der Waals surface area contributed by atoms with Crippen molar-refractivity contribution in [2.45, 2.75) is 23.6 Å². The van der Waals surface area contributed by atoms with Crippen molar-refractivity contribution in [3.63, 3.8) is 0 Å². The predicted octanol–water partition coefficient (Wildman–Crippen LogP) is 1.45. The maximum atomic E-state index is 12.4. The number of hydrogen-bond acceptors (Lipinski definition) is 5. The Bertz CT molecular complexity index is 973. The molecule has 0 aliphatic rings. The van der Waals surface area contributed by atoms with Crippen LogP contribution in [0.3, 0.4) is 0 Å². The van der Waals surface area contributed by atoms with Gasteiger partial charge in [-0.2, -0.15) is 0 Å². The van der Waals surface area contributed by atoms with E-state index in [0.717, 1.165) is 23.9 Å². The zero-order valence-corrected chi connectivity index (χ0v) is 16.3. The first-order chi connectivity index (χ1) is 12.1. The van der Waals surface area contributed by atoms with E-state index in [4.69, 9.17) is 5.14 Å². The predicted molar refractivity (Wildman–Crippen MR) is 102 cm³/mol. The maximum Gasteiger partial charge on any atom is 0.240 e.